The molecule has 5 nitrogen and oxygen atoms in total. The van der Waals surface area contributed by atoms with E-state index in [-0.39, 0.29) is 12.4 Å². The van der Waals surface area contributed by atoms with E-state index in [1.807, 2.05) is 41.5 Å². The monoisotopic (exact) mass is 255 g/mol. The fourth-order valence-electron chi connectivity index (χ4n) is 0.894. The van der Waals surface area contributed by atoms with Gasteiger partial charge in [-0.05, 0) is 13.8 Å². The molecule has 0 aliphatic rings. The fraction of sp³-hybridized carbons (Fsp3) is 0.615. The number of hydrogen-bond donors (Lipinski definition) is 2. The number of carbonyl (C=O) groups is 1. The molecule has 0 unspecified atom stereocenters. The van der Waals surface area contributed by atoms with Gasteiger partial charge in [-0.15, -0.1) is 0 Å². The third-order valence-corrected chi connectivity index (χ3v) is 1.66. The van der Waals surface area contributed by atoms with Crippen molar-refractivity contribution < 1.29 is 9.90 Å². The van der Waals surface area contributed by atoms with Gasteiger partial charge in [0.05, 0.1) is 30.2 Å². The predicted molar refractivity (Wildman–Crippen MR) is 74.9 cm³/mol. The molecular formula is C13H25N3O2. The van der Waals surface area contributed by atoms with Gasteiger partial charge in [0, 0.05) is 0 Å². The molecule has 0 aliphatic heterocycles. The third kappa shape index (κ3) is 7.73. The van der Waals surface area contributed by atoms with E-state index in [4.69, 9.17) is 5.11 Å². The maximum absolute atomic E-state index is 10.3. The number of nitrogens with one attached hydrogen (secondary N) is 1. The molecule has 0 spiro atoms. The molecule has 0 saturated carbocycles. The van der Waals surface area contributed by atoms with Gasteiger partial charge in [-0.2, -0.15) is 0 Å². The lowest BCUT2D eigenvalue weighted by molar-refractivity contribution is 0.111. The highest BCUT2D eigenvalue weighted by atomic mass is 16.3. The molecule has 0 aliphatic carbocycles. The topological polar surface area (TPSA) is 75.1 Å². The summed E-state index contributed by atoms with van der Waals surface area (Å²) in [6.45, 7) is 11.7. The van der Waals surface area contributed by atoms with Gasteiger partial charge in [-0.25, -0.2) is 9.97 Å². The maximum atomic E-state index is 10.3. The Labute approximate surface area is 110 Å². The second-order valence-electron chi connectivity index (χ2n) is 3.61. The molecule has 104 valence electrons. The Morgan fingerprint density at radius 2 is 1.67 bits per heavy atom. The number of aliphatic hydroxyl groups excluding tert-OH is 1. The van der Waals surface area contributed by atoms with Gasteiger partial charge in [-0.3, -0.25) is 4.79 Å². The molecule has 0 radical (unpaired) electrons. The SMILES string of the molecule is CC.CC.CC(C)(CO)Nc1cnc(C=O)nc1. The van der Waals surface area contributed by atoms with Crippen molar-refractivity contribution in [3.8, 4) is 0 Å². The van der Waals surface area contributed by atoms with Crippen LogP contribution in [-0.2, 0) is 0 Å². The van der Waals surface area contributed by atoms with E-state index in [0.717, 1.165) is 0 Å². The highest BCUT2D eigenvalue weighted by Gasteiger charge is 2.15. The van der Waals surface area contributed by atoms with Crippen LogP contribution >= 0.6 is 0 Å². The van der Waals surface area contributed by atoms with Gasteiger partial charge >= 0.3 is 0 Å². The summed E-state index contributed by atoms with van der Waals surface area (Å²) in [5.41, 5.74) is 0.251. The Balaban J connectivity index is 0. The lowest BCUT2D eigenvalue weighted by Gasteiger charge is -2.24. The highest BCUT2D eigenvalue weighted by molar-refractivity contribution is 5.68. The largest absolute Gasteiger partial charge is 0.394 e. The van der Waals surface area contributed by atoms with Gasteiger partial charge in [-0.1, -0.05) is 27.7 Å². The number of carbonyl (C=O) groups excluding carboxylic acids is 1. The zero-order chi connectivity index (χ0) is 14.6. The van der Waals surface area contributed by atoms with Crippen molar-refractivity contribution in [3.05, 3.63) is 18.2 Å². The van der Waals surface area contributed by atoms with Crippen molar-refractivity contribution in [3.63, 3.8) is 0 Å². The van der Waals surface area contributed by atoms with Crippen molar-refractivity contribution in [2.75, 3.05) is 11.9 Å². The minimum atomic E-state index is -0.425. The third-order valence-electron chi connectivity index (χ3n) is 1.66. The Kier molecular flexibility index (Phi) is 11.2. The van der Waals surface area contributed by atoms with Crippen molar-refractivity contribution >= 4 is 12.0 Å². The summed E-state index contributed by atoms with van der Waals surface area (Å²) >= 11 is 0. The summed E-state index contributed by atoms with van der Waals surface area (Å²) in [6, 6.07) is 0. The van der Waals surface area contributed by atoms with Gasteiger partial charge in [0.15, 0.2) is 12.1 Å². The van der Waals surface area contributed by atoms with Crippen LogP contribution in [0.5, 0.6) is 0 Å². The lowest BCUT2D eigenvalue weighted by atomic mass is 10.1. The first-order valence-electron chi connectivity index (χ1n) is 6.24. The predicted octanol–water partition coefficient (Wildman–Crippen LogP) is 2.52. The fourth-order valence-corrected chi connectivity index (χ4v) is 0.894. The second kappa shape index (κ2) is 10.7. The molecular weight excluding hydrogens is 230 g/mol. The molecule has 0 atom stereocenters. The smallest absolute Gasteiger partial charge is 0.192 e. The van der Waals surface area contributed by atoms with Crippen molar-refractivity contribution in [2.24, 2.45) is 0 Å². The van der Waals surface area contributed by atoms with Crippen LogP contribution < -0.4 is 5.32 Å². The lowest BCUT2D eigenvalue weighted by Crippen LogP contribution is -2.35. The van der Waals surface area contributed by atoms with E-state index in [2.05, 4.69) is 15.3 Å². The van der Waals surface area contributed by atoms with E-state index in [9.17, 15) is 4.79 Å². The highest BCUT2D eigenvalue weighted by Crippen LogP contribution is 2.11. The molecule has 5 heteroatoms. The molecule has 18 heavy (non-hydrogen) atoms. The Hall–Kier alpha value is -1.49. The van der Waals surface area contributed by atoms with E-state index >= 15 is 0 Å². The molecule has 1 aromatic heterocycles. The van der Waals surface area contributed by atoms with Crippen molar-refractivity contribution in [1.29, 1.82) is 0 Å². The molecule has 1 aromatic rings. The Bertz CT molecular complexity index is 311. The van der Waals surface area contributed by atoms with Crippen LogP contribution in [0.4, 0.5) is 5.69 Å². The summed E-state index contributed by atoms with van der Waals surface area (Å²) in [5.74, 6) is 0.150. The quantitative estimate of drug-likeness (QED) is 0.809. The van der Waals surface area contributed by atoms with Crippen LogP contribution in [0.15, 0.2) is 12.4 Å². The van der Waals surface area contributed by atoms with Crippen LogP contribution in [0.2, 0.25) is 0 Å². The number of rotatable bonds is 4. The Morgan fingerprint density at radius 3 is 2.00 bits per heavy atom. The van der Waals surface area contributed by atoms with E-state index < -0.39 is 5.54 Å². The first kappa shape index (κ1) is 18.9. The van der Waals surface area contributed by atoms with Crippen LogP contribution in [-0.4, -0.2) is 33.5 Å². The van der Waals surface area contributed by atoms with Crippen LogP contribution in [0.3, 0.4) is 0 Å². The van der Waals surface area contributed by atoms with Gasteiger partial charge in [0.25, 0.3) is 0 Å². The zero-order valence-electron chi connectivity index (χ0n) is 12.2. The maximum Gasteiger partial charge on any atom is 0.192 e. The average Bonchev–Trinajstić information content (AvgIpc) is 2.44. The van der Waals surface area contributed by atoms with Crippen molar-refractivity contribution in [2.45, 2.75) is 47.1 Å². The number of anilines is 1. The van der Waals surface area contributed by atoms with Crippen LogP contribution in [0.25, 0.3) is 0 Å². The summed E-state index contributed by atoms with van der Waals surface area (Å²) < 4.78 is 0. The number of hydrogen-bond acceptors (Lipinski definition) is 5. The van der Waals surface area contributed by atoms with Crippen LogP contribution in [0, 0.1) is 0 Å². The number of aliphatic hydroxyl groups is 1. The zero-order valence-corrected chi connectivity index (χ0v) is 12.2. The molecule has 0 bridgehead atoms. The van der Waals surface area contributed by atoms with E-state index in [0.29, 0.717) is 12.0 Å². The number of aromatic nitrogens is 2. The van der Waals surface area contributed by atoms with E-state index in [1.54, 1.807) is 0 Å². The molecule has 2 N–H and O–H groups in total. The molecule has 1 heterocycles. The summed E-state index contributed by atoms with van der Waals surface area (Å²) in [5, 5.41) is 12.0. The minimum Gasteiger partial charge on any atom is -0.394 e. The first-order valence-corrected chi connectivity index (χ1v) is 6.24. The standard InChI is InChI=1S/C9H13N3O2.2C2H6/c1-9(2,6-14)12-7-3-10-8(5-13)11-4-7;2*1-2/h3-5,12,14H,6H2,1-2H3;2*1-2H3. The molecule has 1 rings (SSSR count). The number of aldehydes is 1. The minimum absolute atomic E-state index is 0.00241. The van der Waals surface area contributed by atoms with Crippen molar-refractivity contribution in [1.82, 2.24) is 9.97 Å². The van der Waals surface area contributed by atoms with Crippen LogP contribution in [0.1, 0.15) is 52.2 Å². The Morgan fingerprint density at radius 1 is 1.22 bits per heavy atom. The molecule has 0 amide bonds. The van der Waals surface area contributed by atoms with Gasteiger partial charge in [0.2, 0.25) is 0 Å². The molecule has 0 fully saturated rings. The average molecular weight is 255 g/mol. The molecule has 0 aromatic carbocycles. The molecule has 0 saturated heterocycles. The second-order valence-corrected chi connectivity index (χ2v) is 3.61. The summed E-state index contributed by atoms with van der Waals surface area (Å²) in [7, 11) is 0. The van der Waals surface area contributed by atoms with Gasteiger partial charge in [0.1, 0.15) is 0 Å². The summed E-state index contributed by atoms with van der Waals surface area (Å²) in [6.07, 6.45) is 3.60. The number of nitrogens with zero attached hydrogens (tertiary/aromatic N) is 2. The van der Waals surface area contributed by atoms with E-state index in [1.165, 1.54) is 12.4 Å². The summed E-state index contributed by atoms with van der Waals surface area (Å²) in [4.78, 5) is 17.9. The first-order chi connectivity index (χ1) is 8.57. The van der Waals surface area contributed by atoms with Gasteiger partial charge < -0.3 is 10.4 Å². The normalized spacial score (nSPS) is 9.28.